The number of rotatable bonds is 12. The van der Waals surface area contributed by atoms with Crippen LogP contribution in [0.1, 0.15) is 31.9 Å². The molecule has 0 saturated heterocycles. The molecule has 43 heavy (non-hydrogen) atoms. The van der Waals surface area contributed by atoms with Crippen LogP contribution in [0, 0.1) is 5.92 Å². The minimum Gasteiger partial charge on any atom is -0.497 e. The fourth-order valence-electron chi connectivity index (χ4n) is 4.14. The molecule has 0 radical (unpaired) electrons. The molecule has 13 heteroatoms. The molecule has 3 aromatic carbocycles. The SMILES string of the molecule is COc1cccc(CN(C(=O)CN(c2ccc(Cl)c(C(F)(F)F)c2)S(=O)(=O)c2ccccc2)C(C)C(=O)NCC(C)C)c1. The van der Waals surface area contributed by atoms with Crippen molar-refractivity contribution in [3.63, 3.8) is 0 Å². The minimum absolute atomic E-state index is 0.111. The van der Waals surface area contributed by atoms with Crippen molar-refractivity contribution >= 4 is 39.1 Å². The van der Waals surface area contributed by atoms with Crippen LogP contribution in [-0.4, -0.2) is 51.4 Å². The first-order valence-corrected chi connectivity index (χ1v) is 15.1. The van der Waals surface area contributed by atoms with E-state index in [1.165, 1.54) is 43.2 Å². The first-order valence-electron chi connectivity index (χ1n) is 13.3. The lowest BCUT2D eigenvalue weighted by atomic mass is 10.1. The molecule has 0 bridgehead atoms. The van der Waals surface area contributed by atoms with Gasteiger partial charge in [0.1, 0.15) is 18.3 Å². The standard InChI is InChI=1S/C30H33ClF3N3O5S/c1-20(2)17-35-29(39)21(3)36(18-22-9-8-10-24(15-22)42-4)28(38)19-37(43(40,41)25-11-6-5-7-12-25)23-13-14-27(31)26(16-23)30(32,33)34/h5-16,20-21H,17-19H2,1-4H3,(H,35,39). The number of alkyl halides is 3. The second kappa shape index (κ2) is 14.1. The highest BCUT2D eigenvalue weighted by Gasteiger charge is 2.37. The van der Waals surface area contributed by atoms with Gasteiger partial charge in [-0.25, -0.2) is 8.42 Å². The van der Waals surface area contributed by atoms with Crippen LogP contribution in [0.3, 0.4) is 0 Å². The largest absolute Gasteiger partial charge is 0.497 e. The van der Waals surface area contributed by atoms with E-state index < -0.39 is 56.9 Å². The van der Waals surface area contributed by atoms with Crippen LogP contribution in [0.2, 0.25) is 5.02 Å². The number of sulfonamides is 1. The van der Waals surface area contributed by atoms with Gasteiger partial charge in [-0.05, 0) is 60.9 Å². The van der Waals surface area contributed by atoms with Gasteiger partial charge >= 0.3 is 6.18 Å². The maximum atomic E-state index is 14.0. The van der Waals surface area contributed by atoms with E-state index in [4.69, 9.17) is 16.3 Å². The van der Waals surface area contributed by atoms with Gasteiger partial charge in [-0.1, -0.05) is 55.8 Å². The zero-order valence-corrected chi connectivity index (χ0v) is 25.6. The van der Waals surface area contributed by atoms with Gasteiger partial charge in [0.05, 0.1) is 28.3 Å². The summed E-state index contributed by atoms with van der Waals surface area (Å²) in [7, 11) is -3.08. The molecule has 1 atom stereocenters. The molecule has 3 rings (SSSR count). The number of amides is 2. The molecule has 0 aliphatic carbocycles. The van der Waals surface area contributed by atoms with Gasteiger partial charge in [0, 0.05) is 13.1 Å². The third kappa shape index (κ3) is 8.64. The summed E-state index contributed by atoms with van der Waals surface area (Å²) in [5.41, 5.74) is -1.10. The van der Waals surface area contributed by atoms with Crippen molar-refractivity contribution in [2.24, 2.45) is 5.92 Å². The number of nitrogens with zero attached hydrogens (tertiary/aromatic N) is 2. The number of benzene rings is 3. The predicted octanol–water partition coefficient (Wildman–Crippen LogP) is 5.75. The second-order valence-corrected chi connectivity index (χ2v) is 12.4. The Morgan fingerprint density at radius 2 is 1.65 bits per heavy atom. The van der Waals surface area contributed by atoms with Crippen molar-refractivity contribution in [3.05, 3.63) is 88.9 Å². The molecule has 0 saturated carbocycles. The van der Waals surface area contributed by atoms with E-state index in [2.05, 4.69) is 5.32 Å². The monoisotopic (exact) mass is 639 g/mol. The molecule has 3 aromatic rings. The van der Waals surface area contributed by atoms with E-state index >= 15 is 0 Å². The minimum atomic E-state index is -4.89. The van der Waals surface area contributed by atoms with Crippen LogP contribution < -0.4 is 14.4 Å². The summed E-state index contributed by atoms with van der Waals surface area (Å²) in [5, 5.41) is 2.14. The normalized spacial score (nSPS) is 12.5. The predicted molar refractivity (Wildman–Crippen MR) is 158 cm³/mol. The summed E-state index contributed by atoms with van der Waals surface area (Å²) in [4.78, 5) is 28.0. The summed E-state index contributed by atoms with van der Waals surface area (Å²) in [6.07, 6.45) is -4.89. The van der Waals surface area contributed by atoms with Crippen molar-refractivity contribution < 1.29 is 35.9 Å². The molecule has 2 amide bonds. The summed E-state index contributed by atoms with van der Waals surface area (Å²) in [5.74, 6) is -0.680. The molecule has 0 heterocycles. The fourth-order valence-corrected chi connectivity index (χ4v) is 5.79. The van der Waals surface area contributed by atoms with Crippen molar-refractivity contribution in [1.82, 2.24) is 10.2 Å². The number of hydrogen-bond donors (Lipinski definition) is 1. The Morgan fingerprint density at radius 3 is 2.26 bits per heavy atom. The van der Waals surface area contributed by atoms with Gasteiger partial charge in [-0.15, -0.1) is 0 Å². The van der Waals surface area contributed by atoms with Crippen LogP contribution in [0.15, 0.2) is 77.7 Å². The maximum Gasteiger partial charge on any atom is 0.417 e. The first-order chi connectivity index (χ1) is 20.1. The Morgan fingerprint density at radius 1 is 0.977 bits per heavy atom. The van der Waals surface area contributed by atoms with Crippen molar-refractivity contribution in [2.45, 2.75) is 44.4 Å². The van der Waals surface area contributed by atoms with Crippen LogP contribution in [-0.2, 0) is 32.3 Å². The number of carbonyl (C=O) groups excluding carboxylic acids is 2. The quantitative estimate of drug-likeness (QED) is 0.272. The molecule has 0 fully saturated rings. The Kier molecular flexibility index (Phi) is 11.1. The molecule has 1 N–H and O–H groups in total. The van der Waals surface area contributed by atoms with Crippen molar-refractivity contribution in [1.29, 1.82) is 0 Å². The fraction of sp³-hybridized carbons (Fsp3) is 0.333. The highest BCUT2D eigenvalue weighted by molar-refractivity contribution is 7.92. The topological polar surface area (TPSA) is 96.0 Å². The number of hydrogen-bond acceptors (Lipinski definition) is 5. The molecule has 0 aromatic heterocycles. The van der Waals surface area contributed by atoms with Crippen LogP contribution in [0.5, 0.6) is 5.75 Å². The van der Waals surface area contributed by atoms with E-state index in [-0.39, 0.29) is 17.4 Å². The molecular weight excluding hydrogens is 607 g/mol. The Balaban J connectivity index is 2.10. The Labute approximate surface area is 254 Å². The smallest absolute Gasteiger partial charge is 0.417 e. The Bertz CT molecular complexity index is 1540. The van der Waals surface area contributed by atoms with Gasteiger partial charge < -0.3 is 15.0 Å². The Hall–Kier alpha value is -3.77. The average molecular weight is 640 g/mol. The highest BCUT2D eigenvalue weighted by Crippen LogP contribution is 2.38. The summed E-state index contributed by atoms with van der Waals surface area (Å²) < 4.78 is 74.7. The van der Waals surface area contributed by atoms with Gasteiger partial charge in [0.15, 0.2) is 0 Å². The van der Waals surface area contributed by atoms with E-state index in [0.717, 1.165) is 12.1 Å². The van der Waals surface area contributed by atoms with Crippen LogP contribution >= 0.6 is 11.6 Å². The molecule has 1 unspecified atom stereocenters. The van der Waals surface area contributed by atoms with E-state index in [9.17, 15) is 31.2 Å². The zero-order chi connectivity index (χ0) is 31.9. The van der Waals surface area contributed by atoms with Crippen LogP contribution in [0.25, 0.3) is 0 Å². The molecule has 0 aliphatic heterocycles. The third-order valence-corrected chi connectivity index (χ3v) is 8.61. The molecule has 0 spiro atoms. The van der Waals surface area contributed by atoms with Gasteiger partial charge in [-0.3, -0.25) is 13.9 Å². The third-order valence-electron chi connectivity index (χ3n) is 6.49. The number of carbonyl (C=O) groups is 2. The highest BCUT2D eigenvalue weighted by atomic mass is 35.5. The lowest BCUT2D eigenvalue weighted by Gasteiger charge is -2.32. The van der Waals surface area contributed by atoms with Crippen molar-refractivity contribution in [3.8, 4) is 5.75 Å². The number of methoxy groups -OCH3 is 1. The number of anilines is 1. The average Bonchev–Trinajstić information content (AvgIpc) is 2.97. The summed E-state index contributed by atoms with van der Waals surface area (Å²) >= 11 is 5.80. The van der Waals surface area contributed by atoms with Gasteiger partial charge in [0.2, 0.25) is 11.8 Å². The second-order valence-electron chi connectivity index (χ2n) is 10.2. The van der Waals surface area contributed by atoms with Crippen LogP contribution in [0.4, 0.5) is 18.9 Å². The lowest BCUT2D eigenvalue weighted by Crippen LogP contribution is -2.51. The zero-order valence-electron chi connectivity index (χ0n) is 24.1. The van der Waals surface area contributed by atoms with E-state index in [1.807, 2.05) is 13.8 Å². The van der Waals surface area contributed by atoms with Gasteiger partial charge in [-0.2, -0.15) is 13.2 Å². The molecule has 0 aliphatic rings. The summed E-state index contributed by atoms with van der Waals surface area (Å²) in [6, 6.07) is 15.3. The van der Waals surface area contributed by atoms with Gasteiger partial charge in [0.25, 0.3) is 10.0 Å². The van der Waals surface area contributed by atoms with E-state index in [0.29, 0.717) is 28.2 Å². The number of ether oxygens (including phenoxy) is 1. The number of halogens is 4. The number of nitrogens with one attached hydrogen (secondary N) is 1. The van der Waals surface area contributed by atoms with E-state index in [1.54, 1.807) is 30.3 Å². The molecule has 232 valence electrons. The maximum absolute atomic E-state index is 14.0. The van der Waals surface area contributed by atoms with Crippen molar-refractivity contribution in [2.75, 3.05) is 24.5 Å². The lowest BCUT2D eigenvalue weighted by molar-refractivity contribution is -0.139. The molecule has 8 nitrogen and oxygen atoms in total. The first kappa shape index (κ1) is 33.7. The summed E-state index contributed by atoms with van der Waals surface area (Å²) in [6.45, 7) is 4.62. The molecular formula is C30H33ClF3N3O5S.